The molecule has 0 unspecified atom stereocenters. The molecule has 168 valence electrons. The van der Waals surface area contributed by atoms with Crippen LogP contribution in [0.4, 0.5) is 4.39 Å². The van der Waals surface area contributed by atoms with E-state index in [-0.39, 0.29) is 18.0 Å². The van der Waals surface area contributed by atoms with Gasteiger partial charge in [-0.25, -0.2) is 17.8 Å². The number of aromatic nitrogens is 1. The first-order valence-electron chi connectivity index (χ1n) is 10.3. The van der Waals surface area contributed by atoms with Crippen molar-refractivity contribution in [2.75, 3.05) is 13.1 Å². The van der Waals surface area contributed by atoms with Crippen LogP contribution in [0.3, 0.4) is 0 Å². The van der Waals surface area contributed by atoms with Gasteiger partial charge in [-0.1, -0.05) is 18.2 Å². The Morgan fingerprint density at radius 1 is 1.19 bits per heavy atom. The molecule has 0 N–H and O–H groups in total. The third-order valence-electron chi connectivity index (χ3n) is 5.43. The zero-order valence-corrected chi connectivity index (χ0v) is 18.3. The molecule has 4 rings (SSSR count). The molecule has 7 nitrogen and oxygen atoms in total. The molecule has 9 heteroatoms. The van der Waals surface area contributed by atoms with Gasteiger partial charge in [0, 0.05) is 18.7 Å². The number of rotatable bonds is 6. The van der Waals surface area contributed by atoms with E-state index in [1.165, 1.54) is 16.4 Å². The molecule has 1 aliphatic rings. The third kappa shape index (κ3) is 4.73. The molecule has 3 aromatic rings. The average molecular weight is 459 g/mol. The lowest BCUT2D eigenvalue weighted by Gasteiger charge is -2.30. The van der Waals surface area contributed by atoms with Crippen LogP contribution >= 0.6 is 0 Å². The van der Waals surface area contributed by atoms with Gasteiger partial charge in [-0.05, 0) is 56.2 Å². The first-order chi connectivity index (χ1) is 15.3. The Morgan fingerprint density at radius 3 is 2.62 bits per heavy atom. The van der Waals surface area contributed by atoms with Gasteiger partial charge in [0.1, 0.15) is 23.9 Å². The molecular formula is C23H23FN2O5S. The molecule has 1 atom stereocenters. The topological polar surface area (TPSA) is 89.7 Å². The number of benzene rings is 2. The van der Waals surface area contributed by atoms with Crippen LogP contribution in [-0.2, 0) is 26.2 Å². The van der Waals surface area contributed by atoms with Crippen LogP contribution < -0.4 is 0 Å². The van der Waals surface area contributed by atoms with Gasteiger partial charge in [0.25, 0.3) is 0 Å². The van der Waals surface area contributed by atoms with Gasteiger partial charge in [-0.2, -0.15) is 4.31 Å². The van der Waals surface area contributed by atoms with Gasteiger partial charge in [0.15, 0.2) is 0 Å². The predicted molar refractivity (Wildman–Crippen MR) is 114 cm³/mol. The largest absolute Gasteiger partial charge is 0.459 e. The number of oxazole rings is 1. The van der Waals surface area contributed by atoms with E-state index in [1.54, 1.807) is 6.92 Å². The van der Waals surface area contributed by atoms with E-state index in [4.69, 9.17) is 9.15 Å². The lowest BCUT2D eigenvalue weighted by Crippen LogP contribution is -2.42. The summed E-state index contributed by atoms with van der Waals surface area (Å²) in [6, 6.07) is 14.1. The molecular weight excluding hydrogens is 435 g/mol. The minimum absolute atomic E-state index is 0.000388. The molecule has 2 heterocycles. The first kappa shape index (κ1) is 22.2. The molecule has 32 heavy (non-hydrogen) atoms. The van der Waals surface area contributed by atoms with Crippen molar-refractivity contribution in [3.8, 4) is 11.5 Å². The van der Waals surface area contributed by atoms with E-state index in [0.717, 1.165) is 17.7 Å². The number of ether oxygens (including phenoxy) is 1. The number of sulfonamides is 1. The number of carbonyl (C=O) groups is 1. The van der Waals surface area contributed by atoms with Crippen LogP contribution in [-0.4, -0.2) is 36.8 Å². The van der Waals surface area contributed by atoms with E-state index in [9.17, 15) is 17.6 Å². The van der Waals surface area contributed by atoms with Gasteiger partial charge in [-0.3, -0.25) is 4.79 Å². The van der Waals surface area contributed by atoms with Gasteiger partial charge in [0.2, 0.25) is 15.9 Å². The number of hydrogen-bond donors (Lipinski definition) is 0. The summed E-state index contributed by atoms with van der Waals surface area (Å²) in [5.74, 6) is -0.570. The van der Waals surface area contributed by atoms with Crippen molar-refractivity contribution in [3.05, 3.63) is 71.9 Å². The predicted octanol–water partition coefficient (Wildman–Crippen LogP) is 3.93. The van der Waals surface area contributed by atoms with Crippen molar-refractivity contribution in [2.24, 2.45) is 5.92 Å². The van der Waals surface area contributed by atoms with Gasteiger partial charge < -0.3 is 9.15 Å². The van der Waals surface area contributed by atoms with Crippen molar-refractivity contribution in [1.29, 1.82) is 0 Å². The maximum Gasteiger partial charge on any atom is 0.310 e. The lowest BCUT2D eigenvalue weighted by molar-refractivity contribution is -0.151. The van der Waals surface area contributed by atoms with Crippen molar-refractivity contribution in [1.82, 2.24) is 9.29 Å². The maximum absolute atomic E-state index is 13.2. The van der Waals surface area contributed by atoms with Crippen molar-refractivity contribution < 1.29 is 26.8 Å². The second-order valence-electron chi connectivity index (χ2n) is 7.65. The standard InChI is InChI=1S/C23H23FN2O5S/c1-16-21(25-22(31-16)17-6-3-2-4-7-17)15-30-23(27)18-8-5-13-26(14-18)32(28,29)20-11-9-19(24)10-12-20/h2-4,6-7,9-12,18H,5,8,13-15H2,1H3/t18-/m1/s1. The highest BCUT2D eigenvalue weighted by Crippen LogP contribution is 2.26. The van der Waals surface area contributed by atoms with Crippen molar-refractivity contribution >= 4 is 16.0 Å². The molecule has 0 bridgehead atoms. The summed E-state index contributed by atoms with van der Waals surface area (Å²) in [6.45, 7) is 2.01. The molecule has 1 fully saturated rings. The quantitative estimate of drug-likeness (QED) is 0.520. The van der Waals surface area contributed by atoms with E-state index in [1.807, 2.05) is 30.3 Å². The highest BCUT2D eigenvalue weighted by Gasteiger charge is 2.34. The number of piperidine rings is 1. The van der Waals surface area contributed by atoms with E-state index >= 15 is 0 Å². The summed E-state index contributed by atoms with van der Waals surface area (Å²) in [4.78, 5) is 17.1. The van der Waals surface area contributed by atoms with Crippen LogP contribution in [0, 0.1) is 18.7 Å². The number of hydrogen-bond acceptors (Lipinski definition) is 6. The molecule has 2 aromatic carbocycles. The maximum atomic E-state index is 13.2. The minimum Gasteiger partial charge on any atom is -0.459 e. The molecule has 1 aliphatic heterocycles. The normalized spacial score (nSPS) is 17.2. The fourth-order valence-electron chi connectivity index (χ4n) is 3.63. The summed E-state index contributed by atoms with van der Waals surface area (Å²) in [5.41, 5.74) is 1.34. The van der Waals surface area contributed by atoms with Gasteiger partial charge in [-0.15, -0.1) is 0 Å². The Morgan fingerprint density at radius 2 is 1.91 bits per heavy atom. The number of aryl methyl sites for hydroxylation is 1. The summed E-state index contributed by atoms with van der Waals surface area (Å²) < 4.78 is 51.3. The van der Waals surface area contributed by atoms with Crippen LogP contribution in [0.15, 0.2) is 63.9 Å². The minimum atomic E-state index is -3.81. The summed E-state index contributed by atoms with van der Waals surface area (Å²) in [7, 11) is -3.81. The molecule has 0 spiro atoms. The zero-order chi connectivity index (χ0) is 22.7. The molecule has 0 radical (unpaired) electrons. The van der Waals surface area contributed by atoms with Crippen molar-refractivity contribution in [2.45, 2.75) is 31.3 Å². The monoisotopic (exact) mass is 458 g/mol. The average Bonchev–Trinajstić information content (AvgIpc) is 3.19. The zero-order valence-electron chi connectivity index (χ0n) is 17.5. The Hall–Kier alpha value is -3.04. The van der Waals surface area contributed by atoms with Gasteiger partial charge >= 0.3 is 5.97 Å². The Bertz CT molecular complexity index is 1190. The number of halogens is 1. The Kier molecular flexibility index (Phi) is 6.38. The molecule has 1 saturated heterocycles. The molecule has 0 aliphatic carbocycles. The number of nitrogens with zero attached hydrogens (tertiary/aromatic N) is 2. The second kappa shape index (κ2) is 9.22. The number of carbonyl (C=O) groups excluding carboxylic acids is 1. The van der Waals surface area contributed by atoms with E-state index < -0.39 is 27.7 Å². The summed E-state index contributed by atoms with van der Waals surface area (Å²) in [6.07, 6.45) is 1.06. The van der Waals surface area contributed by atoms with Crippen LogP contribution in [0.1, 0.15) is 24.3 Å². The Balaban J connectivity index is 1.40. The third-order valence-corrected chi connectivity index (χ3v) is 7.31. The van der Waals surface area contributed by atoms with E-state index in [2.05, 4.69) is 4.98 Å². The lowest BCUT2D eigenvalue weighted by atomic mass is 10.00. The first-order valence-corrected chi connectivity index (χ1v) is 11.7. The van der Waals surface area contributed by atoms with Crippen LogP contribution in [0.5, 0.6) is 0 Å². The fourth-order valence-corrected chi connectivity index (χ4v) is 5.16. The van der Waals surface area contributed by atoms with Crippen LogP contribution in [0.25, 0.3) is 11.5 Å². The van der Waals surface area contributed by atoms with Crippen LogP contribution in [0.2, 0.25) is 0 Å². The summed E-state index contributed by atoms with van der Waals surface area (Å²) in [5, 5.41) is 0. The second-order valence-corrected chi connectivity index (χ2v) is 9.59. The van der Waals surface area contributed by atoms with Gasteiger partial charge in [0.05, 0.1) is 10.8 Å². The van der Waals surface area contributed by atoms with Crippen molar-refractivity contribution in [3.63, 3.8) is 0 Å². The fraction of sp³-hybridized carbons (Fsp3) is 0.304. The Labute approximate surface area is 185 Å². The highest BCUT2D eigenvalue weighted by molar-refractivity contribution is 7.89. The molecule has 0 amide bonds. The smallest absolute Gasteiger partial charge is 0.310 e. The van der Waals surface area contributed by atoms with E-state index in [0.29, 0.717) is 36.7 Å². The SMILES string of the molecule is Cc1oc(-c2ccccc2)nc1COC(=O)[C@@H]1CCCN(S(=O)(=O)c2ccc(F)cc2)C1. The molecule has 1 aromatic heterocycles. The molecule has 0 saturated carbocycles. The highest BCUT2D eigenvalue weighted by atomic mass is 32.2. The summed E-state index contributed by atoms with van der Waals surface area (Å²) >= 11 is 0. The number of esters is 1.